The Morgan fingerprint density at radius 2 is 2.00 bits per heavy atom. The fourth-order valence-corrected chi connectivity index (χ4v) is 2.18. The number of rotatable bonds is 9. The molecule has 0 spiro atoms. The summed E-state index contributed by atoms with van der Waals surface area (Å²) >= 11 is 0. The largest absolute Gasteiger partial charge is 0.354 e. The Morgan fingerprint density at radius 3 is 2.62 bits per heavy atom. The van der Waals surface area contributed by atoms with Gasteiger partial charge in [0.15, 0.2) is 5.96 Å². The van der Waals surface area contributed by atoms with Crippen molar-refractivity contribution in [1.82, 2.24) is 15.5 Å². The summed E-state index contributed by atoms with van der Waals surface area (Å²) in [6.45, 7) is 5.46. The Bertz CT molecular complexity index is 505. The van der Waals surface area contributed by atoms with Gasteiger partial charge in [0.05, 0.1) is 6.54 Å². The van der Waals surface area contributed by atoms with Gasteiger partial charge in [-0.2, -0.15) is 0 Å². The Kier molecular flexibility index (Phi) is 12.9. The van der Waals surface area contributed by atoms with E-state index in [4.69, 9.17) is 0 Å². The quantitative estimate of drug-likeness (QED) is 0.202. The fourth-order valence-electron chi connectivity index (χ4n) is 2.18. The number of amides is 1. The molecule has 0 saturated carbocycles. The normalized spacial score (nSPS) is 10.5. The molecule has 0 saturated heterocycles. The molecule has 1 aromatic rings. The average molecular weight is 444 g/mol. The molecule has 0 bridgehead atoms. The molecule has 134 valence electrons. The zero-order chi connectivity index (χ0) is 16.9. The fraction of sp³-hybridized carbons (Fsp3) is 0.444. The molecule has 1 amide bonds. The number of guanidine groups is 1. The zero-order valence-electron chi connectivity index (χ0n) is 14.6. The van der Waals surface area contributed by atoms with E-state index in [0.29, 0.717) is 6.54 Å². The van der Waals surface area contributed by atoms with Gasteiger partial charge in [0.2, 0.25) is 5.91 Å². The van der Waals surface area contributed by atoms with Crippen LogP contribution in [0.25, 0.3) is 0 Å². The number of carbonyl (C=O) groups is 1. The summed E-state index contributed by atoms with van der Waals surface area (Å²) in [4.78, 5) is 18.1. The summed E-state index contributed by atoms with van der Waals surface area (Å²) in [5.74, 6) is 0.703. The number of carbonyl (C=O) groups excluding carboxylic acids is 1. The first-order valence-electron chi connectivity index (χ1n) is 8.00. The van der Waals surface area contributed by atoms with E-state index < -0.39 is 0 Å². The smallest absolute Gasteiger partial charge is 0.239 e. The second-order valence-electron chi connectivity index (χ2n) is 5.34. The summed E-state index contributed by atoms with van der Waals surface area (Å²) < 4.78 is 0. The topological polar surface area (TPSA) is 56.7 Å². The van der Waals surface area contributed by atoms with E-state index in [1.54, 1.807) is 7.05 Å². The van der Waals surface area contributed by atoms with Crippen molar-refractivity contribution in [2.75, 3.05) is 33.7 Å². The van der Waals surface area contributed by atoms with Crippen LogP contribution in [0.2, 0.25) is 0 Å². The Labute approximate surface area is 162 Å². The van der Waals surface area contributed by atoms with E-state index in [9.17, 15) is 4.79 Å². The van der Waals surface area contributed by atoms with E-state index in [1.807, 2.05) is 36.2 Å². The number of aliphatic imine (C=N–C) groups is 1. The molecule has 0 fully saturated rings. The maximum absolute atomic E-state index is 11.9. The van der Waals surface area contributed by atoms with Gasteiger partial charge < -0.3 is 15.5 Å². The Hall–Kier alpha value is -1.57. The van der Waals surface area contributed by atoms with E-state index in [0.717, 1.165) is 31.8 Å². The molecule has 0 aliphatic carbocycles. The number of benzene rings is 1. The van der Waals surface area contributed by atoms with Crippen molar-refractivity contribution in [2.24, 2.45) is 4.99 Å². The molecule has 0 unspecified atom stereocenters. The van der Waals surface area contributed by atoms with Gasteiger partial charge in [-0.15, -0.1) is 30.6 Å². The van der Waals surface area contributed by atoms with Crippen LogP contribution in [0.5, 0.6) is 0 Å². The number of unbranched alkanes of at least 4 members (excludes halogenated alkanes) is 1. The first-order valence-corrected chi connectivity index (χ1v) is 8.00. The highest BCUT2D eigenvalue weighted by Gasteiger charge is 2.07. The van der Waals surface area contributed by atoms with Crippen LogP contribution in [-0.4, -0.2) is 50.5 Å². The number of hydrogen-bond acceptors (Lipinski definition) is 2. The minimum absolute atomic E-state index is 0. The third kappa shape index (κ3) is 9.54. The number of nitrogens with one attached hydrogen (secondary N) is 2. The molecule has 5 nitrogen and oxygen atoms in total. The van der Waals surface area contributed by atoms with Crippen LogP contribution in [0, 0.1) is 0 Å². The Balaban J connectivity index is 0.00000529. The molecule has 0 aliphatic heterocycles. The first-order chi connectivity index (χ1) is 11.2. The van der Waals surface area contributed by atoms with Gasteiger partial charge in [-0.25, -0.2) is 0 Å². The number of allylic oxidation sites excluding steroid dienone is 1. The molecule has 0 radical (unpaired) electrons. The lowest BCUT2D eigenvalue weighted by atomic mass is 10.1. The minimum atomic E-state index is -0.0263. The predicted octanol–water partition coefficient (Wildman–Crippen LogP) is 2.44. The number of halogens is 1. The highest BCUT2D eigenvalue weighted by atomic mass is 127. The summed E-state index contributed by atoms with van der Waals surface area (Å²) in [5, 5.41) is 6.00. The second-order valence-corrected chi connectivity index (χ2v) is 5.34. The molecule has 0 aromatic heterocycles. The molecule has 1 aromatic carbocycles. The summed E-state index contributed by atoms with van der Waals surface area (Å²) in [7, 11) is 3.69. The maximum Gasteiger partial charge on any atom is 0.239 e. The van der Waals surface area contributed by atoms with Gasteiger partial charge in [0, 0.05) is 27.2 Å². The van der Waals surface area contributed by atoms with Gasteiger partial charge in [-0.3, -0.25) is 9.79 Å². The molecular weight excluding hydrogens is 415 g/mol. The number of nitrogens with zero attached hydrogens (tertiary/aromatic N) is 2. The molecule has 0 atom stereocenters. The maximum atomic E-state index is 11.9. The third-order valence-corrected chi connectivity index (χ3v) is 3.46. The van der Waals surface area contributed by atoms with Crippen LogP contribution < -0.4 is 10.6 Å². The van der Waals surface area contributed by atoms with E-state index in [1.165, 1.54) is 5.56 Å². The molecule has 1 rings (SSSR count). The van der Waals surface area contributed by atoms with E-state index >= 15 is 0 Å². The lowest BCUT2D eigenvalue weighted by Gasteiger charge is -2.21. The van der Waals surface area contributed by atoms with Gasteiger partial charge in [-0.05, 0) is 24.8 Å². The molecule has 2 N–H and O–H groups in total. The van der Waals surface area contributed by atoms with Crippen molar-refractivity contribution in [3.05, 3.63) is 48.6 Å². The van der Waals surface area contributed by atoms with Crippen LogP contribution >= 0.6 is 24.0 Å². The summed E-state index contributed by atoms with van der Waals surface area (Å²) in [6.07, 6.45) is 4.73. The highest BCUT2D eigenvalue weighted by Crippen LogP contribution is 1.98. The van der Waals surface area contributed by atoms with Crippen LogP contribution in [0.1, 0.15) is 18.4 Å². The number of hydrogen-bond donors (Lipinski definition) is 2. The van der Waals surface area contributed by atoms with Gasteiger partial charge in [0.1, 0.15) is 0 Å². The lowest BCUT2D eigenvalue weighted by Crippen LogP contribution is -2.44. The van der Waals surface area contributed by atoms with Crippen LogP contribution in [0.3, 0.4) is 0 Å². The van der Waals surface area contributed by atoms with Crippen molar-refractivity contribution >= 4 is 35.8 Å². The van der Waals surface area contributed by atoms with Crippen LogP contribution in [0.15, 0.2) is 48.0 Å². The van der Waals surface area contributed by atoms with Crippen molar-refractivity contribution < 1.29 is 4.79 Å². The molecule has 0 heterocycles. The predicted molar refractivity (Wildman–Crippen MR) is 112 cm³/mol. The average Bonchev–Trinajstić information content (AvgIpc) is 2.56. The van der Waals surface area contributed by atoms with Crippen molar-refractivity contribution in [2.45, 2.75) is 19.3 Å². The lowest BCUT2D eigenvalue weighted by molar-refractivity contribution is -0.120. The highest BCUT2D eigenvalue weighted by molar-refractivity contribution is 14.0. The minimum Gasteiger partial charge on any atom is -0.354 e. The molecule has 0 aliphatic rings. The van der Waals surface area contributed by atoms with Crippen molar-refractivity contribution in [3.8, 4) is 0 Å². The zero-order valence-corrected chi connectivity index (χ0v) is 17.0. The first kappa shape index (κ1) is 22.4. The third-order valence-electron chi connectivity index (χ3n) is 3.46. The molecule has 6 heteroatoms. The summed E-state index contributed by atoms with van der Waals surface area (Å²) in [6, 6.07) is 10.1. The van der Waals surface area contributed by atoms with Crippen LogP contribution in [-0.2, 0) is 11.2 Å². The van der Waals surface area contributed by atoms with E-state index in [-0.39, 0.29) is 36.4 Å². The Morgan fingerprint density at radius 1 is 1.29 bits per heavy atom. The van der Waals surface area contributed by atoms with Crippen molar-refractivity contribution in [1.29, 1.82) is 0 Å². The van der Waals surface area contributed by atoms with Gasteiger partial charge in [-0.1, -0.05) is 36.4 Å². The summed E-state index contributed by atoms with van der Waals surface area (Å²) in [5.41, 5.74) is 1.22. The molecule has 24 heavy (non-hydrogen) atoms. The van der Waals surface area contributed by atoms with Crippen LogP contribution in [0.4, 0.5) is 0 Å². The van der Waals surface area contributed by atoms with Gasteiger partial charge >= 0.3 is 0 Å². The SMILES string of the molecule is C=CCCCN(C)C(=NC)NCC(=O)NCCc1ccccc1.I. The van der Waals surface area contributed by atoms with E-state index in [2.05, 4.69) is 34.3 Å². The molecular formula is C18H29IN4O. The van der Waals surface area contributed by atoms with Crippen molar-refractivity contribution in [3.63, 3.8) is 0 Å². The monoisotopic (exact) mass is 444 g/mol. The van der Waals surface area contributed by atoms with Gasteiger partial charge in [0.25, 0.3) is 0 Å². The second kappa shape index (κ2) is 13.8. The standard InChI is InChI=1S/C18H28N4O.HI/c1-4-5-9-14-22(3)18(19-2)21-15-17(23)20-13-12-16-10-7-6-8-11-16;/h4,6-8,10-11H,1,5,9,12-15H2,2-3H3,(H,19,21)(H,20,23);1H.